The highest BCUT2D eigenvalue weighted by molar-refractivity contribution is 9.10. The van der Waals surface area contributed by atoms with Gasteiger partial charge in [0.05, 0.1) is 36.0 Å². The molecule has 0 aliphatic rings. The number of benzene rings is 3. The molecule has 5 rings (SSSR count). The number of esters is 1. The van der Waals surface area contributed by atoms with Gasteiger partial charge >= 0.3 is 5.97 Å². The number of methoxy groups -OCH3 is 1. The van der Waals surface area contributed by atoms with Crippen molar-refractivity contribution in [2.45, 2.75) is 5.16 Å². The molecule has 5 aromatic rings. The Morgan fingerprint density at radius 1 is 1.11 bits per heavy atom. The molecule has 2 heterocycles. The summed E-state index contributed by atoms with van der Waals surface area (Å²) in [7, 11) is 1.31. The van der Waals surface area contributed by atoms with Crippen molar-refractivity contribution in [1.82, 2.24) is 19.5 Å². The number of nitrogens with one attached hydrogen (secondary N) is 1. The van der Waals surface area contributed by atoms with Crippen LogP contribution in [0.15, 0.2) is 76.5 Å². The molecule has 1 amide bonds. The number of ether oxygens (including phenoxy) is 1. The molecule has 0 bridgehead atoms. The van der Waals surface area contributed by atoms with Crippen LogP contribution in [0.3, 0.4) is 0 Å². The van der Waals surface area contributed by atoms with Crippen LogP contribution in [0.5, 0.6) is 0 Å². The topological polar surface area (TPSA) is 99.0 Å². The summed E-state index contributed by atoms with van der Waals surface area (Å²) in [6.07, 6.45) is 1.57. The highest BCUT2D eigenvalue weighted by Crippen LogP contribution is 2.32. The van der Waals surface area contributed by atoms with Gasteiger partial charge in [-0.1, -0.05) is 48.2 Å². The number of carbonyl (C=O) groups excluding carboxylic acids is 2. The van der Waals surface area contributed by atoms with E-state index in [-0.39, 0.29) is 16.9 Å². The Hall–Kier alpha value is -3.47. The lowest BCUT2D eigenvalue weighted by Gasteiger charge is -2.12. The van der Waals surface area contributed by atoms with Gasteiger partial charge in [-0.25, -0.2) is 14.8 Å². The number of hydrogen-bond donors (Lipinski definition) is 1. The standard InChI is InChI=1S/C25H17BrClN5O3S/c1-35-23(34)15-9-10-18(17(26)11-15)29-21(33)13-36-25-30-19-12-28-24(27)31-22(19)32(25)20-8-4-6-14-5-2-3-7-16(14)20/h2-12H,13H2,1H3,(H,29,33). The summed E-state index contributed by atoms with van der Waals surface area (Å²) < 4.78 is 7.19. The fourth-order valence-electron chi connectivity index (χ4n) is 3.73. The van der Waals surface area contributed by atoms with Crippen LogP contribution in [0, 0.1) is 0 Å². The van der Waals surface area contributed by atoms with Gasteiger partial charge in [0.15, 0.2) is 10.8 Å². The molecule has 180 valence electrons. The summed E-state index contributed by atoms with van der Waals surface area (Å²) >= 11 is 10.8. The second-order valence-corrected chi connectivity index (χ2v) is 9.73. The molecular weight excluding hydrogens is 566 g/mol. The van der Waals surface area contributed by atoms with E-state index in [1.54, 1.807) is 24.4 Å². The number of fused-ring (bicyclic) bond motifs is 2. The lowest BCUT2D eigenvalue weighted by Crippen LogP contribution is -2.15. The Balaban J connectivity index is 1.45. The minimum absolute atomic E-state index is 0.0838. The number of carbonyl (C=O) groups is 2. The summed E-state index contributed by atoms with van der Waals surface area (Å²) in [5.74, 6) is -0.618. The highest BCUT2D eigenvalue weighted by Gasteiger charge is 2.19. The van der Waals surface area contributed by atoms with Crippen LogP contribution in [-0.4, -0.2) is 44.3 Å². The van der Waals surface area contributed by atoms with Crippen LogP contribution < -0.4 is 5.32 Å². The van der Waals surface area contributed by atoms with Gasteiger partial charge in [-0.05, 0) is 57.2 Å². The quantitative estimate of drug-likeness (QED) is 0.151. The predicted molar refractivity (Wildman–Crippen MR) is 144 cm³/mol. The third kappa shape index (κ3) is 4.79. The number of amides is 1. The molecule has 0 radical (unpaired) electrons. The van der Waals surface area contributed by atoms with Crippen LogP contribution in [0.1, 0.15) is 10.4 Å². The average molecular weight is 583 g/mol. The molecule has 8 nitrogen and oxygen atoms in total. The first-order valence-corrected chi connectivity index (χ1v) is 12.8. The lowest BCUT2D eigenvalue weighted by molar-refractivity contribution is -0.113. The van der Waals surface area contributed by atoms with Gasteiger partial charge in [0, 0.05) is 9.86 Å². The van der Waals surface area contributed by atoms with Crippen LogP contribution in [0.25, 0.3) is 27.6 Å². The molecule has 11 heteroatoms. The van der Waals surface area contributed by atoms with Crippen molar-refractivity contribution >= 4 is 78.8 Å². The highest BCUT2D eigenvalue weighted by atomic mass is 79.9. The summed E-state index contributed by atoms with van der Waals surface area (Å²) in [5.41, 5.74) is 2.90. The van der Waals surface area contributed by atoms with Crippen molar-refractivity contribution in [3.63, 3.8) is 0 Å². The Labute approximate surface area is 223 Å². The number of nitrogens with zero attached hydrogens (tertiary/aromatic N) is 4. The normalized spacial score (nSPS) is 11.1. The van der Waals surface area contributed by atoms with Crippen molar-refractivity contribution in [2.24, 2.45) is 0 Å². The monoisotopic (exact) mass is 581 g/mol. The number of rotatable bonds is 6. The van der Waals surface area contributed by atoms with Crippen molar-refractivity contribution in [3.05, 3.63) is 82.2 Å². The van der Waals surface area contributed by atoms with Gasteiger partial charge in [-0.3, -0.25) is 9.36 Å². The van der Waals surface area contributed by atoms with E-state index in [9.17, 15) is 9.59 Å². The van der Waals surface area contributed by atoms with Crippen LogP contribution in [0.2, 0.25) is 5.28 Å². The van der Waals surface area contributed by atoms with Gasteiger partial charge in [0.2, 0.25) is 11.2 Å². The first-order chi connectivity index (χ1) is 17.4. The number of halogens is 2. The van der Waals surface area contributed by atoms with E-state index in [0.717, 1.165) is 16.5 Å². The molecule has 0 aliphatic heterocycles. The zero-order valence-electron chi connectivity index (χ0n) is 18.7. The van der Waals surface area contributed by atoms with E-state index in [1.165, 1.54) is 18.9 Å². The van der Waals surface area contributed by atoms with Gasteiger partial charge in [-0.2, -0.15) is 4.98 Å². The third-order valence-electron chi connectivity index (χ3n) is 5.34. The molecule has 0 spiro atoms. The zero-order valence-corrected chi connectivity index (χ0v) is 21.9. The van der Waals surface area contributed by atoms with Crippen molar-refractivity contribution in [3.8, 4) is 5.69 Å². The van der Waals surface area contributed by atoms with E-state index < -0.39 is 5.97 Å². The molecule has 0 saturated heterocycles. The summed E-state index contributed by atoms with van der Waals surface area (Å²) in [6.45, 7) is 0. The molecule has 0 fully saturated rings. The lowest BCUT2D eigenvalue weighted by atomic mass is 10.1. The van der Waals surface area contributed by atoms with E-state index in [1.807, 2.05) is 47.0 Å². The molecular formula is C25H17BrClN5O3S. The molecule has 0 atom stereocenters. The minimum atomic E-state index is -0.459. The van der Waals surface area contributed by atoms with Gasteiger partial charge < -0.3 is 10.1 Å². The largest absolute Gasteiger partial charge is 0.465 e. The van der Waals surface area contributed by atoms with Gasteiger partial charge in [-0.15, -0.1) is 0 Å². The Kier molecular flexibility index (Phi) is 6.90. The molecule has 0 saturated carbocycles. The second kappa shape index (κ2) is 10.3. The molecule has 0 aliphatic carbocycles. The Morgan fingerprint density at radius 3 is 2.72 bits per heavy atom. The van der Waals surface area contributed by atoms with Crippen molar-refractivity contribution in [1.29, 1.82) is 0 Å². The smallest absolute Gasteiger partial charge is 0.337 e. The first kappa shape index (κ1) is 24.2. The fraction of sp³-hybridized carbons (Fsp3) is 0.0800. The van der Waals surface area contributed by atoms with Gasteiger partial charge in [0.1, 0.15) is 5.52 Å². The first-order valence-electron chi connectivity index (χ1n) is 10.6. The van der Waals surface area contributed by atoms with E-state index in [0.29, 0.717) is 32.0 Å². The zero-order chi connectivity index (χ0) is 25.2. The number of imidazole rings is 1. The Morgan fingerprint density at radius 2 is 1.92 bits per heavy atom. The summed E-state index contributed by atoms with van der Waals surface area (Å²) in [6, 6.07) is 18.8. The number of thioether (sulfide) groups is 1. The van der Waals surface area contributed by atoms with E-state index in [2.05, 4.69) is 36.2 Å². The Bertz CT molecular complexity index is 1640. The van der Waals surface area contributed by atoms with Gasteiger partial charge in [0.25, 0.3) is 0 Å². The van der Waals surface area contributed by atoms with Crippen LogP contribution >= 0.6 is 39.3 Å². The van der Waals surface area contributed by atoms with Crippen LogP contribution in [-0.2, 0) is 9.53 Å². The number of hydrogen-bond acceptors (Lipinski definition) is 7. The molecule has 3 aromatic carbocycles. The number of aromatic nitrogens is 4. The fourth-order valence-corrected chi connectivity index (χ4v) is 5.14. The molecule has 36 heavy (non-hydrogen) atoms. The molecule has 0 unspecified atom stereocenters. The predicted octanol–water partition coefficient (Wildman–Crippen LogP) is 5.90. The van der Waals surface area contributed by atoms with Crippen LogP contribution in [0.4, 0.5) is 5.69 Å². The number of anilines is 1. The maximum absolute atomic E-state index is 12.8. The second-order valence-electron chi connectivity index (χ2n) is 7.60. The minimum Gasteiger partial charge on any atom is -0.465 e. The molecule has 1 N–H and O–H groups in total. The third-order valence-corrected chi connectivity index (χ3v) is 7.12. The van der Waals surface area contributed by atoms with Crippen molar-refractivity contribution in [2.75, 3.05) is 18.2 Å². The van der Waals surface area contributed by atoms with Crippen molar-refractivity contribution < 1.29 is 14.3 Å². The maximum Gasteiger partial charge on any atom is 0.337 e. The summed E-state index contributed by atoms with van der Waals surface area (Å²) in [5, 5.41) is 5.61. The average Bonchev–Trinajstić information content (AvgIpc) is 3.25. The summed E-state index contributed by atoms with van der Waals surface area (Å²) in [4.78, 5) is 37.7. The SMILES string of the molecule is COC(=O)c1ccc(NC(=O)CSc2nc3cnc(Cl)nc3n2-c2cccc3ccccc23)c(Br)c1. The molecule has 2 aromatic heterocycles. The maximum atomic E-state index is 12.8. The van der Waals surface area contributed by atoms with E-state index >= 15 is 0 Å². The van der Waals surface area contributed by atoms with E-state index in [4.69, 9.17) is 16.3 Å².